The zero-order valence-corrected chi connectivity index (χ0v) is 12.9. The molecule has 20 heavy (non-hydrogen) atoms. The Kier molecular flexibility index (Phi) is 5.43. The van der Waals surface area contributed by atoms with E-state index in [2.05, 4.69) is 17.0 Å². The van der Waals surface area contributed by atoms with Crippen molar-refractivity contribution in [2.45, 2.75) is 43.9 Å². The highest BCUT2D eigenvalue weighted by Gasteiger charge is 2.21. The smallest absolute Gasteiger partial charge is 0.242 e. The van der Waals surface area contributed by atoms with Crippen LogP contribution in [0.5, 0.6) is 0 Å². The molecule has 4 nitrogen and oxygen atoms in total. The molecule has 0 atom stereocenters. The molecule has 5 heteroatoms. The Bertz CT molecular complexity index is 524. The first-order chi connectivity index (χ1) is 9.63. The SMILES string of the molecule is CCCNc1ccccc1S(=O)(=O)NCCCC1CC1. The van der Waals surface area contributed by atoms with Crippen molar-refractivity contribution in [1.29, 1.82) is 0 Å². The summed E-state index contributed by atoms with van der Waals surface area (Å²) < 4.78 is 27.4. The van der Waals surface area contributed by atoms with Crippen molar-refractivity contribution in [3.63, 3.8) is 0 Å². The van der Waals surface area contributed by atoms with Crippen molar-refractivity contribution in [3.8, 4) is 0 Å². The fourth-order valence-electron chi connectivity index (χ4n) is 2.19. The van der Waals surface area contributed by atoms with Gasteiger partial charge in [0.2, 0.25) is 10.0 Å². The second kappa shape index (κ2) is 7.09. The summed E-state index contributed by atoms with van der Waals surface area (Å²) in [4.78, 5) is 0.347. The molecule has 2 rings (SSSR count). The lowest BCUT2D eigenvalue weighted by atomic mass is 10.2. The number of hydrogen-bond acceptors (Lipinski definition) is 3. The average molecular weight is 296 g/mol. The van der Waals surface area contributed by atoms with Gasteiger partial charge < -0.3 is 5.32 Å². The Morgan fingerprint density at radius 3 is 2.65 bits per heavy atom. The highest BCUT2D eigenvalue weighted by Crippen LogP contribution is 2.33. The highest BCUT2D eigenvalue weighted by atomic mass is 32.2. The molecule has 0 heterocycles. The lowest BCUT2D eigenvalue weighted by Gasteiger charge is -2.12. The van der Waals surface area contributed by atoms with Crippen LogP contribution in [0.4, 0.5) is 5.69 Å². The molecule has 2 N–H and O–H groups in total. The summed E-state index contributed by atoms with van der Waals surface area (Å²) in [7, 11) is -3.41. The minimum Gasteiger partial charge on any atom is -0.384 e. The molecule has 0 radical (unpaired) electrons. The molecule has 1 aliphatic rings. The van der Waals surface area contributed by atoms with Crippen molar-refractivity contribution in [3.05, 3.63) is 24.3 Å². The van der Waals surface area contributed by atoms with Crippen molar-refractivity contribution in [2.24, 2.45) is 5.92 Å². The van der Waals surface area contributed by atoms with Gasteiger partial charge in [-0.3, -0.25) is 0 Å². The fourth-order valence-corrected chi connectivity index (χ4v) is 3.44. The van der Waals surface area contributed by atoms with Gasteiger partial charge in [-0.1, -0.05) is 31.9 Å². The summed E-state index contributed by atoms with van der Waals surface area (Å²) in [6.45, 7) is 3.36. The number of sulfonamides is 1. The first kappa shape index (κ1) is 15.3. The lowest BCUT2D eigenvalue weighted by molar-refractivity contribution is 0.573. The number of benzene rings is 1. The van der Waals surface area contributed by atoms with E-state index >= 15 is 0 Å². The molecule has 0 unspecified atom stereocenters. The van der Waals surface area contributed by atoms with Crippen LogP contribution in [0.15, 0.2) is 29.2 Å². The predicted molar refractivity (Wildman–Crippen MR) is 82.4 cm³/mol. The maximum atomic E-state index is 12.3. The highest BCUT2D eigenvalue weighted by molar-refractivity contribution is 7.89. The molecular formula is C15H24N2O2S. The van der Waals surface area contributed by atoms with Crippen molar-refractivity contribution in [1.82, 2.24) is 4.72 Å². The van der Waals surface area contributed by atoms with Crippen LogP contribution in [0, 0.1) is 5.92 Å². The molecule has 0 aromatic heterocycles. The van der Waals surface area contributed by atoms with Gasteiger partial charge in [0.15, 0.2) is 0 Å². The van der Waals surface area contributed by atoms with Gasteiger partial charge in [0.05, 0.1) is 5.69 Å². The minimum absolute atomic E-state index is 0.347. The first-order valence-corrected chi connectivity index (χ1v) is 8.94. The Labute approximate surface area is 122 Å². The van der Waals surface area contributed by atoms with Gasteiger partial charge in [-0.05, 0) is 37.3 Å². The van der Waals surface area contributed by atoms with E-state index in [1.54, 1.807) is 12.1 Å². The third-order valence-electron chi connectivity index (χ3n) is 3.52. The molecule has 0 amide bonds. The third-order valence-corrected chi connectivity index (χ3v) is 5.04. The Hall–Kier alpha value is -1.07. The molecule has 1 aliphatic carbocycles. The molecule has 112 valence electrons. The van der Waals surface area contributed by atoms with Gasteiger partial charge >= 0.3 is 0 Å². The fraction of sp³-hybridized carbons (Fsp3) is 0.600. The van der Waals surface area contributed by atoms with Crippen LogP contribution in [0.1, 0.15) is 39.0 Å². The molecule has 0 bridgehead atoms. The monoisotopic (exact) mass is 296 g/mol. The predicted octanol–water partition coefficient (Wildman–Crippen LogP) is 2.98. The zero-order chi connectivity index (χ0) is 14.4. The Morgan fingerprint density at radius 2 is 1.95 bits per heavy atom. The molecule has 1 aromatic rings. The van der Waals surface area contributed by atoms with Crippen LogP contribution < -0.4 is 10.0 Å². The van der Waals surface area contributed by atoms with Crippen molar-refractivity contribution >= 4 is 15.7 Å². The number of rotatable bonds is 9. The van der Waals surface area contributed by atoms with Crippen molar-refractivity contribution in [2.75, 3.05) is 18.4 Å². The summed E-state index contributed by atoms with van der Waals surface area (Å²) in [5.41, 5.74) is 0.684. The Balaban J connectivity index is 1.95. The van der Waals surface area contributed by atoms with Gasteiger partial charge in [-0.25, -0.2) is 13.1 Å². The maximum Gasteiger partial charge on any atom is 0.242 e. The number of para-hydroxylation sites is 1. The summed E-state index contributed by atoms with van der Waals surface area (Å²) >= 11 is 0. The van der Waals surface area contributed by atoms with Crippen LogP contribution in [-0.4, -0.2) is 21.5 Å². The maximum absolute atomic E-state index is 12.3. The molecule has 0 spiro atoms. The largest absolute Gasteiger partial charge is 0.384 e. The quantitative estimate of drug-likeness (QED) is 0.689. The molecule has 1 saturated carbocycles. The molecule has 0 aliphatic heterocycles. The van der Waals surface area contributed by atoms with Gasteiger partial charge in [0, 0.05) is 13.1 Å². The number of anilines is 1. The average Bonchev–Trinajstić information content (AvgIpc) is 3.26. The van der Waals surface area contributed by atoms with Crippen molar-refractivity contribution < 1.29 is 8.42 Å². The van der Waals surface area contributed by atoms with Gasteiger partial charge in [-0.15, -0.1) is 0 Å². The third kappa shape index (κ3) is 4.49. The standard InChI is InChI=1S/C15H24N2O2S/c1-2-11-16-14-7-3-4-8-15(14)20(18,19)17-12-5-6-13-9-10-13/h3-4,7-8,13,16-17H,2,5-6,9-12H2,1H3. The van der Waals surface area contributed by atoms with Gasteiger partial charge in [-0.2, -0.15) is 0 Å². The topological polar surface area (TPSA) is 58.2 Å². The van der Waals surface area contributed by atoms with Gasteiger partial charge in [0.1, 0.15) is 4.90 Å². The summed E-state index contributed by atoms with van der Waals surface area (Å²) in [6.07, 6.45) is 5.66. The number of hydrogen-bond donors (Lipinski definition) is 2. The first-order valence-electron chi connectivity index (χ1n) is 7.46. The number of nitrogens with one attached hydrogen (secondary N) is 2. The summed E-state index contributed by atoms with van der Waals surface area (Å²) in [5, 5.41) is 3.17. The van der Waals surface area contributed by atoms with E-state index in [9.17, 15) is 8.42 Å². The van der Waals surface area contributed by atoms with E-state index < -0.39 is 10.0 Å². The van der Waals surface area contributed by atoms with E-state index in [0.29, 0.717) is 17.1 Å². The second-order valence-electron chi connectivity index (χ2n) is 5.41. The summed E-state index contributed by atoms with van der Waals surface area (Å²) in [5.74, 6) is 0.845. The van der Waals surface area contributed by atoms with E-state index in [-0.39, 0.29) is 0 Å². The van der Waals surface area contributed by atoms with Crippen LogP contribution in [0.3, 0.4) is 0 Å². The minimum atomic E-state index is -3.41. The van der Waals surface area contributed by atoms with Crippen LogP contribution in [-0.2, 0) is 10.0 Å². The Morgan fingerprint density at radius 1 is 1.20 bits per heavy atom. The summed E-state index contributed by atoms with van der Waals surface area (Å²) in [6, 6.07) is 7.08. The second-order valence-corrected chi connectivity index (χ2v) is 7.14. The lowest BCUT2D eigenvalue weighted by Crippen LogP contribution is -2.25. The van der Waals surface area contributed by atoms with E-state index in [0.717, 1.165) is 31.7 Å². The van der Waals surface area contributed by atoms with Crippen LogP contribution >= 0.6 is 0 Å². The normalized spacial score (nSPS) is 15.2. The van der Waals surface area contributed by atoms with Crippen LogP contribution in [0.25, 0.3) is 0 Å². The molecule has 1 aromatic carbocycles. The van der Waals surface area contributed by atoms with E-state index in [1.807, 2.05) is 12.1 Å². The zero-order valence-electron chi connectivity index (χ0n) is 12.1. The molecule has 1 fully saturated rings. The van der Waals surface area contributed by atoms with Gasteiger partial charge in [0.25, 0.3) is 0 Å². The van der Waals surface area contributed by atoms with Crippen LogP contribution in [0.2, 0.25) is 0 Å². The van der Waals surface area contributed by atoms with E-state index in [1.165, 1.54) is 12.8 Å². The molecular weight excluding hydrogens is 272 g/mol. The molecule has 0 saturated heterocycles. The van der Waals surface area contributed by atoms with E-state index in [4.69, 9.17) is 0 Å².